The fourth-order valence-corrected chi connectivity index (χ4v) is 4.09. The molecule has 1 amide bonds. The van der Waals surface area contributed by atoms with Crippen LogP contribution < -0.4 is 11.0 Å². The van der Waals surface area contributed by atoms with Gasteiger partial charge in [0, 0.05) is 12.8 Å². The number of hydroxylamine groups is 1. The number of sulfone groups is 1. The van der Waals surface area contributed by atoms with Crippen LogP contribution in [0.15, 0.2) is 53.6 Å². The Balaban J connectivity index is 1.90. The highest BCUT2D eigenvalue weighted by Gasteiger charge is 2.28. The highest BCUT2D eigenvalue weighted by atomic mass is 32.2. The predicted octanol–water partition coefficient (Wildman–Crippen LogP) is 1.68. The molecule has 0 spiro atoms. The maximum absolute atomic E-state index is 12.7. The number of carbonyl (C=O) groups is 1. The molecule has 152 valence electrons. The van der Waals surface area contributed by atoms with E-state index >= 15 is 0 Å². The number of hydrogen-bond acceptors (Lipinski definition) is 6. The summed E-state index contributed by atoms with van der Waals surface area (Å²) in [4.78, 5) is 28.7. The highest BCUT2D eigenvalue weighted by molar-refractivity contribution is 7.92. The predicted molar refractivity (Wildman–Crippen MR) is 109 cm³/mol. The maximum atomic E-state index is 12.7. The molecule has 1 heterocycles. The Bertz CT molecular complexity index is 1220. The molecule has 0 aliphatic heterocycles. The summed E-state index contributed by atoms with van der Waals surface area (Å²) >= 11 is 0. The van der Waals surface area contributed by atoms with E-state index in [1.165, 1.54) is 16.4 Å². The van der Waals surface area contributed by atoms with Gasteiger partial charge in [0.1, 0.15) is 5.25 Å². The lowest BCUT2D eigenvalue weighted by molar-refractivity contribution is -0.128. The van der Waals surface area contributed by atoms with E-state index in [0.717, 1.165) is 22.9 Å². The summed E-state index contributed by atoms with van der Waals surface area (Å²) in [6, 6.07) is 13.3. The summed E-state index contributed by atoms with van der Waals surface area (Å²) in [5.41, 5.74) is 4.64. The highest BCUT2D eigenvalue weighted by Crippen LogP contribution is 2.22. The van der Waals surface area contributed by atoms with Crippen molar-refractivity contribution in [2.75, 3.05) is 6.26 Å². The first kappa shape index (κ1) is 20.7. The van der Waals surface area contributed by atoms with Crippen LogP contribution in [-0.4, -0.2) is 40.6 Å². The van der Waals surface area contributed by atoms with Crippen LogP contribution in [0.4, 0.5) is 0 Å². The number of fused-ring (bicyclic) bond motifs is 1. The number of rotatable bonds is 6. The number of nitrogens with one attached hydrogen (secondary N) is 1. The second-order valence-electron chi connectivity index (χ2n) is 6.92. The van der Waals surface area contributed by atoms with Crippen LogP contribution >= 0.6 is 0 Å². The molecule has 0 saturated carbocycles. The minimum absolute atomic E-state index is 0.0351. The molecule has 29 heavy (non-hydrogen) atoms. The molecule has 0 aliphatic carbocycles. The first-order chi connectivity index (χ1) is 13.7. The van der Waals surface area contributed by atoms with Crippen molar-refractivity contribution < 1.29 is 18.4 Å². The van der Waals surface area contributed by atoms with E-state index < -0.39 is 21.0 Å². The fraction of sp³-hybridized carbons (Fsp3) is 0.250. The van der Waals surface area contributed by atoms with Gasteiger partial charge in [-0.2, -0.15) is 0 Å². The average molecular weight is 415 g/mol. The Hall–Kier alpha value is -3.04. The van der Waals surface area contributed by atoms with Crippen LogP contribution in [0.2, 0.25) is 0 Å². The van der Waals surface area contributed by atoms with Crippen molar-refractivity contribution >= 4 is 26.6 Å². The molecule has 3 rings (SSSR count). The summed E-state index contributed by atoms with van der Waals surface area (Å²) < 4.78 is 24.8. The van der Waals surface area contributed by atoms with Crippen molar-refractivity contribution in [2.24, 2.45) is 0 Å². The van der Waals surface area contributed by atoms with Gasteiger partial charge >= 0.3 is 0 Å². The van der Waals surface area contributed by atoms with Crippen molar-refractivity contribution in [1.29, 1.82) is 0 Å². The van der Waals surface area contributed by atoms with Gasteiger partial charge in [-0.1, -0.05) is 35.9 Å². The van der Waals surface area contributed by atoms with Gasteiger partial charge in [0.25, 0.3) is 11.5 Å². The van der Waals surface area contributed by atoms with E-state index in [1.807, 2.05) is 43.3 Å². The minimum Gasteiger partial charge on any atom is -0.299 e. The first-order valence-electron chi connectivity index (χ1n) is 8.90. The number of aromatic nitrogens is 2. The molecule has 1 atom stereocenters. The van der Waals surface area contributed by atoms with Crippen LogP contribution in [0.5, 0.6) is 0 Å². The molecule has 0 radical (unpaired) electrons. The molecular weight excluding hydrogens is 394 g/mol. The molecule has 3 aromatic rings. The zero-order valence-corrected chi connectivity index (χ0v) is 16.8. The molecule has 9 heteroatoms. The Labute approximate surface area is 167 Å². The van der Waals surface area contributed by atoms with Crippen molar-refractivity contribution in [2.45, 2.75) is 25.1 Å². The van der Waals surface area contributed by atoms with Crippen molar-refractivity contribution in [3.63, 3.8) is 0 Å². The third-order valence-electron chi connectivity index (χ3n) is 4.76. The van der Waals surface area contributed by atoms with E-state index in [0.29, 0.717) is 10.9 Å². The van der Waals surface area contributed by atoms with Crippen LogP contribution in [0.1, 0.15) is 12.0 Å². The number of nitrogens with zero attached hydrogens (tertiary/aromatic N) is 2. The summed E-state index contributed by atoms with van der Waals surface area (Å²) in [6.45, 7) is 1.97. The number of benzene rings is 2. The zero-order valence-electron chi connectivity index (χ0n) is 16.0. The monoisotopic (exact) mass is 415 g/mol. The van der Waals surface area contributed by atoms with Crippen molar-refractivity contribution in [3.8, 4) is 11.1 Å². The summed E-state index contributed by atoms with van der Waals surface area (Å²) in [5, 5.41) is 7.69. The molecule has 2 aromatic carbocycles. The summed E-state index contributed by atoms with van der Waals surface area (Å²) in [7, 11) is -3.75. The lowest BCUT2D eigenvalue weighted by Crippen LogP contribution is -2.39. The smallest absolute Gasteiger partial charge is 0.261 e. The Morgan fingerprint density at radius 3 is 2.45 bits per heavy atom. The summed E-state index contributed by atoms with van der Waals surface area (Å²) in [5.74, 6) is -1.03. The number of aryl methyl sites for hydroxylation is 2. The third-order valence-corrected chi connectivity index (χ3v) is 6.25. The molecular formula is C20H21N3O5S. The second-order valence-corrected chi connectivity index (χ2v) is 9.15. The van der Waals surface area contributed by atoms with Crippen LogP contribution in [-0.2, 0) is 21.2 Å². The molecule has 0 saturated heterocycles. The minimum atomic E-state index is -3.75. The number of hydrogen-bond donors (Lipinski definition) is 2. The van der Waals surface area contributed by atoms with Crippen LogP contribution in [0, 0.1) is 6.92 Å². The van der Waals surface area contributed by atoms with Gasteiger partial charge in [-0.3, -0.25) is 19.4 Å². The zero-order chi connectivity index (χ0) is 21.2. The van der Waals surface area contributed by atoms with E-state index in [2.05, 4.69) is 4.98 Å². The Morgan fingerprint density at radius 2 is 1.83 bits per heavy atom. The molecule has 0 bridgehead atoms. The molecule has 0 unspecified atom stereocenters. The van der Waals surface area contributed by atoms with Gasteiger partial charge in [0.05, 0.1) is 17.2 Å². The van der Waals surface area contributed by atoms with Gasteiger partial charge in [0.15, 0.2) is 9.84 Å². The van der Waals surface area contributed by atoms with E-state index in [9.17, 15) is 18.0 Å². The molecule has 0 fully saturated rings. The van der Waals surface area contributed by atoms with Crippen LogP contribution in [0.3, 0.4) is 0 Å². The number of amides is 1. The van der Waals surface area contributed by atoms with E-state index in [1.54, 1.807) is 6.07 Å². The Kier molecular flexibility index (Phi) is 5.81. The summed E-state index contributed by atoms with van der Waals surface area (Å²) in [6.07, 6.45) is 2.07. The molecule has 1 aromatic heterocycles. The van der Waals surface area contributed by atoms with E-state index in [4.69, 9.17) is 5.21 Å². The molecule has 8 nitrogen and oxygen atoms in total. The quantitative estimate of drug-likeness (QED) is 0.467. The third kappa shape index (κ3) is 4.52. The molecule has 2 N–H and O–H groups in total. The van der Waals surface area contributed by atoms with Gasteiger partial charge in [-0.25, -0.2) is 18.9 Å². The number of carbonyl (C=O) groups excluding carboxylic acids is 1. The van der Waals surface area contributed by atoms with Gasteiger partial charge in [0.2, 0.25) is 0 Å². The first-order valence-corrected chi connectivity index (χ1v) is 10.8. The largest absolute Gasteiger partial charge is 0.299 e. The van der Waals surface area contributed by atoms with Crippen LogP contribution in [0.25, 0.3) is 22.0 Å². The van der Waals surface area contributed by atoms with E-state index in [-0.39, 0.29) is 18.5 Å². The fourth-order valence-electron chi connectivity index (χ4n) is 3.11. The SMILES string of the molecule is Cc1ccc(-c2ccc3c(=O)n(CC[C@H](C(=O)NO)S(C)(=O)=O)cnc3c2)cc1. The second kappa shape index (κ2) is 8.14. The average Bonchev–Trinajstić information content (AvgIpc) is 2.68. The van der Waals surface area contributed by atoms with Gasteiger partial charge in [-0.05, 0) is 36.6 Å². The standard InChI is InChI=1S/C20H21N3O5S/c1-13-3-5-14(6-4-13)15-7-8-16-17(11-15)21-12-23(20(16)25)10-9-18(19(24)22-26)29(2,27)28/h3-8,11-12,18,26H,9-10H2,1-2H3,(H,22,24)/t18-/m1/s1. The van der Waals surface area contributed by atoms with Gasteiger partial charge < -0.3 is 0 Å². The van der Waals surface area contributed by atoms with Gasteiger partial charge in [-0.15, -0.1) is 0 Å². The Morgan fingerprint density at radius 1 is 1.17 bits per heavy atom. The van der Waals surface area contributed by atoms with Crippen molar-refractivity contribution in [1.82, 2.24) is 15.0 Å². The maximum Gasteiger partial charge on any atom is 0.261 e. The lowest BCUT2D eigenvalue weighted by atomic mass is 10.0. The topological polar surface area (TPSA) is 118 Å². The van der Waals surface area contributed by atoms with Crippen molar-refractivity contribution in [3.05, 3.63) is 64.7 Å². The lowest BCUT2D eigenvalue weighted by Gasteiger charge is -2.14. The molecule has 0 aliphatic rings. The normalized spacial score (nSPS) is 12.7.